The second kappa shape index (κ2) is 24.5. The number of fused-ring (bicyclic) bond motifs is 5. The number of amides is 6. The van der Waals surface area contributed by atoms with E-state index in [1.165, 1.54) is 21.6 Å². The van der Waals surface area contributed by atoms with Crippen molar-refractivity contribution in [2.45, 2.75) is 141 Å². The van der Waals surface area contributed by atoms with Gasteiger partial charge in [-0.05, 0) is 73.8 Å². The number of unbranched alkanes of at least 4 members (excludes halogenated alkanes) is 2. The summed E-state index contributed by atoms with van der Waals surface area (Å²) in [6.07, 6.45) is -0.274. The zero-order chi connectivity index (χ0) is 57.7. The van der Waals surface area contributed by atoms with Crippen LogP contribution in [-0.2, 0) is 84.3 Å². The lowest BCUT2D eigenvalue weighted by Crippen LogP contribution is -2.52. The summed E-state index contributed by atoms with van der Waals surface area (Å²) in [5.74, 6) is -9.01. The van der Waals surface area contributed by atoms with Gasteiger partial charge in [-0.15, -0.1) is 0 Å². The average Bonchev–Trinajstić information content (AvgIpc) is 4.00. The first-order chi connectivity index (χ1) is 38.1. The summed E-state index contributed by atoms with van der Waals surface area (Å²) in [6, 6.07) is 7.66. The molecule has 0 radical (unpaired) electrons. The quantitative estimate of drug-likeness (QED) is 0.0251. The number of hydrogen-bond acceptors (Lipinski definition) is 15. The highest BCUT2D eigenvalue weighted by Crippen LogP contribution is 2.46. The van der Waals surface area contributed by atoms with Crippen molar-refractivity contribution in [1.82, 2.24) is 35.7 Å². The van der Waals surface area contributed by atoms with Crippen LogP contribution in [0.25, 0.3) is 22.3 Å². The van der Waals surface area contributed by atoms with Crippen LogP contribution in [0.4, 0.5) is 4.39 Å². The van der Waals surface area contributed by atoms with E-state index < -0.39 is 127 Å². The number of benzene rings is 2. The van der Waals surface area contributed by atoms with Crippen molar-refractivity contribution in [3.05, 3.63) is 97.6 Å². The number of carboxylic acids is 1. The second-order valence-electron chi connectivity index (χ2n) is 21.0. The number of aliphatic hydroxyl groups excluding tert-OH is 1. The predicted octanol–water partition coefficient (Wildman–Crippen LogP) is 2.31. The Morgan fingerprint density at radius 2 is 1.65 bits per heavy atom. The number of aromatic nitrogens is 2. The molecule has 1 fully saturated rings. The van der Waals surface area contributed by atoms with Gasteiger partial charge < -0.3 is 45.9 Å². The maximum atomic E-state index is 15.5. The number of ether oxygens (including phenoxy) is 1. The third-order valence-electron chi connectivity index (χ3n) is 15.6. The first-order valence-corrected chi connectivity index (χ1v) is 26.9. The lowest BCUT2D eigenvalue weighted by Gasteiger charge is -2.31. The summed E-state index contributed by atoms with van der Waals surface area (Å²) in [5.41, 5.74) is 1.08. The molecule has 3 aliphatic heterocycles. The molecular weight excluding hydrogens is 1040 g/mol. The Bertz CT molecular complexity index is 3270. The molecule has 6 atom stereocenters. The van der Waals surface area contributed by atoms with Gasteiger partial charge in [-0.25, -0.2) is 14.2 Å². The number of nitrogens with zero attached hydrogens (tertiary/aromatic N) is 3. The van der Waals surface area contributed by atoms with Crippen LogP contribution in [0.3, 0.4) is 0 Å². The van der Waals surface area contributed by atoms with Gasteiger partial charge in [-0.2, -0.15) is 0 Å². The number of rotatable bonds is 25. The van der Waals surface area contributed by atoms with Crippen molar-refractivity contribution in [3.8, 4) is 11.4 Å². The predicted molar refractivity (Wildman–Crippen MR) is 281 cm³/mol. The molecule has 6 amide bonds. The minimum atomic E-state index is -2.10. The van der Waals surface area contributed by atoms with Gasteiger partial charge in [0.1, 0.15) is 18.5 Å². The number of aliphatic hydroxyl groups is 2. The van der Waals surface area contributed by atoms with E-state index in [9.17, 15) is 68.1 Å². The molecule has 1 saturated heterocycles. The van der Waals surface area contributed by atoms with Gasteiger partial charge >= 0.3 is 11.9 Å². The number of carboxylic acid groups (broad SMARTS) is 1. The van der Waals surface area contributed by atoms with Crippen molar-refractivity contribution >= 4 is 69.9 Å². The number of esters is 1. The number of carbonyl (C=O) groups is 10. The zero-order valence-electron chi connectivity index (χ0n) is 44.6. The Kier molecular flexibility index (Phi) is 17.8. The molecule has 1 aliphatic carbocycles. The van der Waals surface area contributed by atoms with Crippen molar-refractivity contribution in [2.75, 3.05) is 19.7 Å². The Morgan fingerprint density at radius 3 is 2.34 bits per heavy atom. The third kappa shape index (κ3) is 12.2. The minimum absolute atomic E-state index is 0.00697. The number of aryl methyl sites for hydroxylation is 1. The van der Waals surface area contributed by atoms with Crippen LogP contribution in [0, 0.1) is 24.6 Å². The normalized spacial score (nSPS) is 19.0. The summed E-state index contributed by atoms with van der Waals surface area (Å²) >= 11 is 0. The monoisotopic (exact) mass is 1110 g/mol. The van der Waals surface area contributed by atoms with Gasteiger partial charge in [0.25, 0.3) is 5.56 Å². The number of Topliss-reactive ketones (excluding diaryl/α,β-unsaturated/α-hetero) is 2. The summed E-state index contributed by atoms with van der Waals surface area (Å²) in [4.78, 5) is 149. The molecule has 23 heteroatoms. The van der Waals surface area contributed by atoms with E-state index >= 15 is 4.39 Å². The average molecular weight is 1110 g/mol. The molecule has 5 heterocycles. The molecule has 0 saturated carbocycles. The van der Waals surface area contributed by atoms with E-state index in [2.05, 4.69) is 21.3 Å². The molecule has 4 aliphatic rings. The van der Waals surface area contributed by atoms with Crippen molar-refractivity contribution < 1.29 is 72.4 Å². The fourth-order valence-corrected chi connectivity index (χ4v) is 11.2. The van der Waals surface area contributed by atoms with Crippen LogP contribution in [0.15, 0.2) is 47.3 Å². The maximum absolute atomic E-state index is 15.5. The summed E-state index contributed by atoms with van der Waals surface area (Å²) in [6.45, 7) is 3.29. The molecule has 22 nitrogen and oxygen atoms in total. The second-order valence-corrected chi connectivity index (χ2v) is 21.0. The van der Waals surface area contributed by atoms with Crippen LogP contribution in [-0.4, -0.2) is 120 Å². The highest BCUT2D eigenvalue weighted by Gasteiger charge is 2.46. The molecule has 8 rings (SSSR count). The smallest absolute Gasteiger partial charge is 0.343 e. The van der Waals surface area contributed by atoms with Crippen molar-refractivity contribution in [1.29, 1.82) is 0 Å². The summed E-state index contributed by atoms with van der Waals surface area (Å²) in [5, 5.41) is 42.5. The molecule has 4 aromatic rings. The Balaban J connectivity index is 0.897. The first-order valence-electron chi connectivity index (χ1n) is 26.9. The number of likely N-dealkylation sites (tertiary alicyclic amines) is 1. The van der Waals surface area contributed by atoms with E-state index in [0.29, 0.717) is 58.9 Å². The largest absolute Gasteiger partial charge is 0.481 e. The Labute approximate surface area is 458 Å². The van der Waals surface area contributed by atoms with Crippen LogP contribution < -0.4 is 26.8 Å². The highest BCUT2D eigenvalue weighted by atomic mass is 19.1. The number of aliphatic carboxylic acids is 1. The van der Waals surface area contributed by atoms with Crippen LogP contribution >= 0.6 is 0 Å². The van der Waals surface area contributed by atoms with Gasteiger partial charge in [0.05, 0.1) is 60.7 Å². The number of halogens is 1. The minimum Gasteiger partial charge on any atom is -0.481 e. The van der Waals surface area contributed by atoms with Gasteiger partial charge in [-0.3, -0.25) is 52.8 Å². The Morgan fingerprint density at radius 1 is 0.900 bits per heavy atom. The van der Waals surface area contributed by atoms with Crippen molar-refractivity contribution in [3.63, 3.8) is 0 Å². The van der Waals surface area contributed by atoms with E-state index in [1.54, 1.807) is 51.1 Å². The van der Waals surface area contributed by atoms with E-state index in [4.69, 9.17) is 9.72 Å². The molecule has 0 bridgehead atoms. The fraction of sp³-hybridized carbons (Fsp3) is 0.474. The molecule has 1 unspecified atom stereocenters. The lowest BCUT2D eigenvalue weighted by molar-refractivity contribution is -0.172. The number of imide groups is 1. The SMILES string of the molecule is CC[C@@]1(O)C(=O)OCc2c1cc1n(c2=O)Cc2c-1nc1cc(F)c(C)c3c1c2[C@@H](NC(=O)[C@H](CO)NC(=O)[C@@H](CC(=O)CNC(=O)CCC(=O)[C@H](CC(=O)O)NC(=O)CCCCCN1C(=O)CC(C)C1=O)Cc1ccccc1)CC3. The maximum Gasteiger partial charge on any atom is 0.343 e. The molecule has 0 spiro atoms. The summed E-state index contributed by atoms with van der Waals surface area (Å²) < 4.78 is 22.2. The number of ketones is 2. The first kappa shape index (κ1) is 58.1. The van der Waals surface area contributed by atoms with Gasteiger partial charge in [0.2, 0.25) is 35.4 Å². The van der Waals surface area contributed by atoms with E-state index in [1.807, 2.05) is 0 Å². The van der Waals surface area contributed by atoms with Crippen molar-refractivity contribution in [2.24, 2.45) is 11.8 Å². The molecule has 80 heavy (non-hydrogen) atoms. The number of nitrogens with one attached hydrogen (secondary N) is 4. The lowest BCUT2D eigenvalue weighted by atomic mass is 9.81. The van der Waals surface area contributed by atoms with E-state index in [-0.39, 0.29) is 97.6 Å². The number of hydrogen-bond donors (Lipinski definition) is 7. The van der Waals surface area contributed by atoms with Gasteiger partial charge in [0, 0.05) is 73.1 Å². The van der Waals surface area contributed by atoms with Crippen LogP contribution in [0.2, 0.25) is 0 Å². The fourth-order valence-electron chi connectivity index (χ4n) is 11.2. The molecular formula is C57H64FN7O15. The summed E-state index contributed by atoms with van der Waals surface area (Å²) in [7, 11) is 0. The number of cyclic esters (lactones) is 1. The van der Waals surface area contributed by atoms with Crippen LogP contribution in [0.5, 0.6) is 0 Å². The topological polar surface area (TPSA) is 327 Å². The number of pyridine rings is 2. The van der Waals surface area contributed by atoms with Gasteiger partial charge in [-0.1, -0.05) is 50.6 Å². The standard InChI is InChI=1S/C57H64FN7O15/c1-4-57(79)37-22-43-51-35(26-65(43)55(77)36(37)28-80-56(57)78)50-39(15-14-34-30(3)38(58)23-41(61-51)49(34)50)62-53(75)42(27-66)63-52(74)32(20-31-11-7-5-8-12-31)21-33(67)25-59-45(69)17-16-44(68)40(24-48(72)73)60-46(70)13-9-6-10-18-64-47(71)19-29(2)54(64)76/h5,7-8,11-12,22-23,29,32,39-40,42,66,79H,4,6,9-10,13-21,24-28H2,1-3H3,(H,59,69)(H,60,70)(H,62,75)(H,63,74)(H,72,73)/t29?,32-,39+,40+,42+,57+/m1/s1. The highest BCUT2D eigenvalue weighted by molar-refractivity contribution is 6.03. The molecule has 2 aromatic carbocycles. The molecule has 2 aromatic heterocycles. The number of carbonyl (C=O) groups excluding carboxylic acids is 9. The van der Waals surface area contributed by atoms with Crippen LogP contribution in [0.1, 0.15) is 129 Å². The van der Waals surface area contributed by atoms with Gasteiger partial charge in [0.15, 0.2) is 17.2 Å². The van der Waals surface area contributed by atoms with E-state index in [0.717, 1.165) is 0 Å². The molecule has 424 valence electrons. The zero-order valence-corrected chi connectivity index (χ0v) is 44.6. The third-order valence-corrected chi connectivity index (χ3v) is 15.6. The Hall–Kier alpha value is -8.05. The molecule has 7 N–H and O–H groups in total.